The Morgan fingerprint density at radius 1 is 1.09 bits per heavy atom. The Bertz CT molecular complexity index is 764. The molecule has 23 heavy (non-hydrogen) atoms. The molecule has 7 heteroatoms. The molecule has 1 aromatic carbocycles. The number of hydrogen-bond acceptors (Lipinski definition) is 4. The van der Waals surface area contributed by atoms with Gasteiger partial charge in [0.2, 0.25) is 10.0 Å². The molecule has 0 atom stereocenters. The van der Waals surface area contributed by atoms with E-state index in [-0.39, 0.29) is 11.7 Å². The molecule has 124 valence electrons. The van der Waals surface area contributed by atoms with E-state index in [9.17, 15) is 13.2 Å². The van der Waals surface area contributed by atoms with Gasteiger partial charge in [0, 0.05) is 13.0 Å². The Kier molecular flexibility index (Phi) is 5.57. The average molecular weight is 336 g/mol. The fraction of sp³-hybridized carbons (Fsp3) is 0.312. The van der Waals surface area contributed by atoms with Crippen molar-refractivity contribution in [1.29, 1.82) is 0 Å². The first-order valence-electron chi connectivity index (χ1n) is 7.29. The number of benzene rings is 1. The molecule has 0 bridgehead atoms. The molecule has 2 N–H and O–H groups in total. The van der Waals surface area contributed by atoms with E-state index in [0.29, 0.717) is 17.9 Å². The molecule has 0 aliphatic heterocycles. The highest BCUT2D eigenvalue weighted by atomic mass is 32.2. The lowest BCUT2D eigenvalue weighted by atomic mass is 10.1. The second-order valence-corrected chi connectivity index (χ2v) is 7.01. The minimum atomic E-state index is -3.28. The van der Waals surface area contributed by atoms with Gasteiger partial charge in [-0.3, -0.25) is 4.79 Å². The van der Waals surface area contributed by atoms with Crippen LogP contribution >= 0.6 is 0 Å². The quantitative estimate of drug-likeness (QED) is 0.807. The minimum absolute atomic E-state index is 0.0671. The molecule has 0 aliphatic rings. The van der Waals surface area contributed by atoms with Crippen molar-refractivity contribution in [2.24, 2.45) is 0 Å². The standard InChI is InChI=1S/C16H20N2O4S/c1-3-14-8-9-15(22-14)16(19)18-10-12-4-6-13(7-5-12)11-23(20,21)17-2/h4-9,17H,3,10-11H2,1-2H3,(H,18,19). The van der Waals surface area contributed by atoms with Crippen molar-refractivity contribution in [2.45, 2.75) is 25.6 Å². The predicted molar refractivity (Wildman–Crippen MR) is 87.4 cm³/mol. The summed E-state index contributed by atoms with van der Waals surface area (Å²) < 4.78 is 30.6. The zero-order valence-electron chi connectivity index (χ0n) is 13.1. The third-order valence-corrected chi connectivity index (χ3v) is 4.71. The highest BCUT2D eigenvalue weighted by molar-refractivity contribution is 7.88. The molecule has 0 saturated heterocycles. The zero-order valence-corrected chi connectivity index (χ0v) is 13.9. The molecule has 2 rings (SSSR count). The monoisotopic (exact) mass is 336 g/mol. The van der Waals surface area contributed by atoms with Gasteiger partial charge >= 0.3 is 0 Å². The summed E-state index contributed by atoms with van der Waals surface area (Å²) in [5, 5.41) is 2.77. The minimum Gasteiger partial charge on any atom is -0.456 e. The first kappa shape index (κ1) is 17.2. The largest absolute Gasteiger partial charge is 0.456 e. The number of rotatable bonds is 7. The highest BCUT2D eigenvalue weighted by Gasteiger charge is 2.11. The van der Waals surface area contributed by atoms with Gasteiger partial charge in [0.15, 0.2) is 5.76 Å². The van der Waals surface area contributed by atoms with Gasteiger partial charge in [0.05, 0.1) is 5.75 Å². The van der Waals surface area contributed by atoms with Crippen LogP contribution in [0.25, 0.3) is 0 Å². The van der Waals surface area contributed by atoms with Crippen molar-refractivity contribution in [3.8, 4) is 0 Å². The summed E-state index contributed by atoms with van der Waals surface area (Å²) >= 11 is 0. The van der Waals surface area contributed by atoms with Gasteiger partial charge in [-0.25, -0.2) is 13.1 Å². The summed E-state index contributed by atoms with van der Waals surface area (Å²) in [5.41, 5.74) is 1.57. The van der Waals surface area contributed by atoms with E-state index >= 15 is 0 Å². The Balaban J connectivity index is 1.92. The molecule has 1 amide bonds. The summed E-state index contributed by atoms with van der Waals surface area (Å²) in [4.78, 5) is 11.9. The van der Waals surface area contributed by atoms with Crippen molar-refractivity contribution in [2.75, 3.05) is 7.05 Å². The maximum atomic E-state index is 11.9. The topological polar surface area (TPSA) is 88.4 Å². The van der Waals surface area contributed by atoms with Crippen LogP contribution in [0.4, 0.5) is 0 Å². The summed E-state index contributed by atoms with van der Waals surface area (Å²) in [7, 11) is -1.89. The fourth-order valence-corrected chi connectivity index (χ4v) is 2.78. The van der Waals surface area contributed by atoms with Crippen LogP contribution in [0.5, 0.6) is 0 Å². The zero-order chi connectivity index (χ0) is 16.9. The van der Waals surface area contributed by atoms with Crippen LogP contribution in [0.15, 0.2) is 40.8 Å². The van der Waals surface area contributed by atoms with Crippen LogP contribution in [0.2, 0.25) is 0 Å². The van der Waals surface area contributed by atoms with Crippen LogP contribution in [0.1, 0.15) is 34.4 Å². The third kappa shape index (κ3) is 4.94. The van der Waals surface area contributed by atoms with Gasteiger partial charge in [0.1, 0.15) is 5.76 Å². The van der Waals surface area contributed by atoms with Crippen LogP contribution in [0, 0.1) is 0 Å². The van der Waals surface area contributed by atoms with E-state index in [1.165, 1.54) is 7.05 Å². The fourth-order valence-electron chi connectivity index (χ4n) is 2.00. The number of aryl methyl sites for hydroxylation is 1. The third-order valence-electron chi connectivity index (χ3n) is 3.38. The van der Waals surface area contributed by atoms with Gasteiger partial charge in [-0.15, -0.1) is 0 Å². The molecular formula is C16H20N2O4S. The summed E-state index contributed by atoms with van der Waals surface area (Å²) in [6.45, 7) is 2.30. The first-order valence-corrected chi connectivity index (χ1v) is 8.94. The van der Waals surface area contributed by atoms with Crippen LogP contribution < -0.4 is 10.0 Å². The maximum Gasteiger partial charge on any atom is 0.287 e. The molecule has 2 aromatic rings. The van der Waals surface area contributed by atoms with Crippen LogP contribution in [-0.4, -0.2) is 21.4 Å². The molecule has 0 saturated carbocycles. The molecule has 0 aliphatic carbocycles. The molecule has 1 aromatic heterocycles. The second kappa shape index (κ2) is 7.43. The van der Waals surface area contributed by atoms with Gasteiger partial charge in [0.25, 0.3) is 5.91 Å². The van der Waals surface area contributed by atoms with Crippen molar-refractivity contribution < 1.29 is 17.6 Å². The number of carbonyl (C=O) groups is 1. The van der Waals surface area contributed by atoms with E-state index < -0.39 is 10.0 Å². The van der Waals surface area contributed by atoms with Crippen molar-refractivity contribution in [3.63, 3.8) is 0 Å². The van der Waals surface area contributed by atoms with E-state index in [4.69, 9.17) is 4.42 Å². The van der Waals surface area contributed by atoms with E-state index in [1.807, 2.05) is 6.92 Å². The van der Waals surface area contributed by atoms with Crippen molar-refractivity contribution in [1.82, 2.24) is 10.0 Å². The smallest absolute Gasteiger partial charge is 0.287 e. The molecule has 1 heterocycles. The summed E-state index contributed by atoms with van der Waals surface area (Å²) in [6, 6.07) is 10.5. The van der Waals surface area contributed by atoms with Crippen molar-refractivity contribution in [3.05, 3.63) is 59.0 Å². The lowest BCUT2D eigenvalue weighted by Gasteiger charge is -2.06. The Hall–Kier alpha value is -2.12. The van der Waals surface area contributed by atoms with Gasteiger partial charge < -0.3 is 9.73 Å². The predicted octanol–water partition coefficient (Wildman–Crippen LogP) is 1.82. The van der Waals surface area contributed by atoms with Crippen molar-refractivity contribution >= 4 is 15.9 Å². The number of carbonyl (C=O) groups excluding carboxylic acids is 1. The Morgan fingerprint density at radius 2 is 1.74 bits per heavy atom. The molecule has 0 radical (unpaired) electrons. The number of sulfonamides is 1. The number of furan rings is 1. The van der Waals surface area contributed by atoms with E-state index in [2.05, 4.69) is 10.0 Å². The van der Waals surface area contributed by atoms with E-state index in [1.54, 1.807) is 36.4 Å². The average Bonchev–Trinajstić information content (AvgIpc) is 3.03. The van der Waals surface area contributed by atoms with E-state index in [0.717, 1.165) is 17.7 Å². The Morgan fingerprint density at radius 3 is 2.30 bits per heavy atom. The van der Waals surface area contributed by atoms with Gasteiger partial charge in [-0.05, 0) is 30.3 Å². The highest BCUT2D eigenvalue weighted by Crippen LogP contribution is 2.10. The number of hydrogen-bond donors (Lipinski definition) is 2. The first-order chi connectivity index (χ1) is 10.9. The number of amides is 1. The lowest BCUT2D eigenvalue weighted by molar-refractivity contribution is 0.0921. The summed E-state index contributed by atoms with van der Waals surface area (Å²) in [6.07, 6.45) is 0.740. The molecule has 0 unspecified atom stereocenters. The Labute approximate surface area is 135 Å². The molecule has 0 fully saturated rings. The van der Waals surface area contributed by atoms with Gasteiger partial charge in [-0.2, -0.15) is 0 Å². The summed E-state index contributed by atoms with van der Waals surface area (Å²) in [5.74, 6) is 0.720. The molecular weight excluding hydrogens is 316 g/mol. The second-order valence-electron chi connectivity index (χ2n) is 5.08. The van der Waals surface area contributed by atoms with Crippen LogP contribution in [0.3, 0.4) is 0 Å². The maximum absolute atomic E-state index is 11.9. The lowest BCUT2D eigenvalue weighted by Crippen LogP contribution is -2.22. The SMILES string of the molecule is CCc1ccc(C(=O)NCc2ccc(CS(=O)(=O)NC)cc2)o1. The number of nitrogens with one attached hydrogen (secondary N) is 2. The molecule has 0 spiro atoms. The van der Waals surface area contributed by atoms with Gasteiger partial charge in [-0.1, -0.05) is 31.2 Å². The molecule has 6 nitrogen and oxygen atoms in total. The van der Waals surface area contributed by atoms with Crippen LogP contribution in [-0.2, 0) is 28.7 Å². The normalized spacial score (nSPS) is 11.4.